The minimum atomic E-state index is -0.618. The van der Waals surface area contributed by atoms with Crippen molar-refractivity contribution in [3.05, 3.63) is 0 Å². The molecule has 0 saturated carbocycles. The van der Waals surface area contributed by atoms with Gasteiger partial charge < -0.3 is 18.9 Å². The Labute approximate surface area is 121 Å². The molecule has 0 aromatic rings. The Balaban J connectivity index is 1.52. The number of carbonyl (C=O) groups excluding carboxylic acids is 3. The lowest BCUT2D eigenvalue weighted by Gasteiger charge is -2.24. The van der Waals surface area contributed by atoms with Crippen molar-refractivity contribution in [1.82, 2.24) is 0 Å². The van der Waals surface area contributed by atoms with Crippen molar-refractivity contribution in [3.63, 3.8) is 0 Å². The molecule has 21 heavy (non-hydrogen) atoms. The van der Waals surface area contributed by atoms with E-state index < -0.39 is 30.8 Å². The molecule has 3 aliphatic rings. The van der Waals surface area contributed by atoms with Gasteiger partial charge in [0.15, 0.2) is 6.61 Å². The van der Waals surface area contributed by atoms with Gasteiger partial charge in [-0.2, -0.15) is 0 Å². The Kier molecular flexibility index (Phi) is 3.61. The van der Waals surface area contributed by atoms with E-state index in [1.165, 1.54) is 0 Å². The molecule has 2 bridgehead atoms. The summed E-state index contributed by atoms with van der Waals surface area (Å²) in [6.07, 6.45) is -0.429. The summed E-state index contributed by atoms with van der Waals surface area (Å²) in [6, 6.07) is 0. The minimum absolute atomic E-state index is 0.0798. The zero-order valence-corrected chi connectivity index (χ0v) is 11.9. The maximum absolute atomic E-state index is 11.7. The summed E-state index contributed by atoms with van der Waals surface area (Å²) in [5.74, 6) is -1.89. The molecule has 0 amide bonds. The molecule has 0 aromatic carbocycles. The summed E-state index contributed by atoms with van der Waals surface area (Å²) in [5, 5.41) is 0. The molecule has 5 unspecified atom stereocenters. The highest BCUT2D eigenvalue weighted by Crippen LogP contribution is 2.48. The van der Waals surface area contributed by atoms with Crippen LogP contribution in [0.5, 0.6) is 0 Å². The number of hydrogen-bond donors (Lipinski definition) is 0. The van der Waals surface area contributed by atoms with Crippen molar-refractivity contribution in [2.24, 2.45) is 17.8 Å². The van der Waals surface area contributed by atoms with E-state index in [1.807, 2.05) is 0 Å². The minimum Gasteiger partial charge on any atom is -0.465 e. The van der Waals surface area contributed by atoms with Gasteiger partial charge in [-0.25, -0.2) is 4.79 Å². The normalized spacial score (nSPS) is 36.5. The predicted octanol–water partition coefficient (Wildman–Crippen LogP) is 0.0577. The van der Waals surface area contributed by atoms with Crippen molar-refractivity contribution in [1.29, 1.82) is 0 Å². The van der Waals surface area contributed by atoms with Crippen molar-refractivity contribution in [2.45, 2.75) is 38.6 Å². The average Bonchev–Trinajstić information content (AvgIpc) is 3.09. The molecule has 0 aliphatic carbocycles. The van der Waals surface area contributed by atoms with E-state index in [1.54, 1.807) is 13.8 Å². The van der Waals surface area contributed by atoms with E-state index in [0.29, 0.717) is 13.0 Å². The van der Waals surface area contributed by atoms with Gasteiger partial charge in [0.25, 0.3) is 0 Å². The molecule has 3 heterocycles. The van der Waals surface area contributed by atoms with Crippen LogP contribution < -0.4 is 0 Å². The average molecular weight is 298 g/mol. The fourth-order valence-electron chi connectivity index (χ4n) is 3.18. The zero-order valence-electron chi connectivity index (χ0n) is 11.9. The summed E-state index contributed by atoms with van der Waals surface area (Å²) in [4.78, 5) is 34.6. The monoisotopic (exact) mass is 298 g/mol. The van der Waals surface area contributed by atoms with Crippen LogP contribution in [-0.4, -0.2) is 49.4 Å². The Morgan fingerprint density at radius 1 is 1.38 bits per heavy atom. The first kappa shape index (κ1) is 14.3. The Morgan fingerprint density at radius 3 is 2.86 bits per heavy atom. The number of hydrogen-bond acceptors (Lipinski definition) is 7. The molecule has 0 aromatic heterocycles. The van der Waals surface area contributed by atoms with Crippen LogP contribution in [0.25, 0.3) is 0 Å². The number of rotatable bonds is 4. The topological polar surface area (TPSA) is 88.1 Å². The number of ether oxygens (including phenoxy) is 4. The summed E-state index contributed by atoms with van der Waals surface area (Å²) < 4.78 is 20.8. The fourth-order valence-corrected chi connectivity index (χ4v) is 3.18. The van der Waals surface area contributed by atoms with Gasteiger partial charge in [-0.15, -0.1) is 0 Å². The van der Waals surface area contributed by atoms with Gasteiger partial charge in [-0.1, -0.05) is 13.8 Å². The Bertz CT molecular complexity index is 472. The van der Waals surface area contributed by atoms with Gasteiger partial charge in [0, 0.05) is 12.3 Å². The first-order valence-corrected chi connectivity index (χ1v) is 7.15. The molecule has 3 rings (SSSR count). The first-order chi connectivity index (χ1) is 9.97. The third-order valence-electron chi connectivity index (χ3n) is 4.23. The molecule has 3 saturated heterocycles. The van der Waals surface area contributed by atoms with E-state index in [9.17, 15) is 14.4 Å². The number of cyclic esters (lactones) is 1. The standard InChI is InChI=1S/C14H18O7/c1-6(2)13(16)19-5-10(15)20-9-3-8-7-4-18-14(17)11(7)12(9)21-8/h6-9,11-12H,3-5H2,1-2H3. The second kappa shape index (κ2) is 5.29. The molecule has 7 nitrogen and oxygen atoms in total. The van der Waals surface area contributed by atoms with Crippen molar-refractivity contribution >= 4 is 17.9 Å². The lowest BCUT2D eigenvalue weighted by atomic mass is 9.80. The van der Waals surface area contributed by atoms with Gasteiger partial charge in [-0.3, -0.25) is 9.59 Å². The summed E-state index contributed by atoms with van der Waals surface area (Å²) in [7, 11) is 0. The first-order valence-electron chi connectivity index (χ1n) is 7.15. The van der Waals surface area contributed by atoms with Crippen LogP contribution in [0.4, 0.5) is 0 Å². The molecular weight excluding hydrogens is 280 g/mol. The number of fused-ring (bicyclic) bond motifs is 5. The van der Waals surface area contributed by atoms with Crippen LogP contribution in [-0.2, 0) is 33.3 Å². The third kappa shape index (κ3) is 2.50. The van der Waals surface area contributed by atoms with Gasteiger partial charge in [0.1, 0.15) is 12.2 Å². The van der Waals surface area contributed by atoms with Crippen molar-refractivity contribution < 1.29 is 33.3 Å². The van der Waals surface area contributed by atoms with E-state index in [0.717, 1.165) is 0 Å². The fraction of sp³-hybridized carbons (Fsp3) is 0.786. The molecular formula is C14H18O7. The second-order valence-corrected chi connectivity index (χ2v) is 5.99. The SMILES string of the molecule is CC(C)C(=O)OCC(=O)OC1CC2OC1C1C(=O)OCC21. The Morgan fingerprint density at radius 2 is 2.14 bits per heavy atom. The maximum Gasteiger partial charge on any atom is 0.344 e. The highest BCUT2D eigenvalue weighted by Gasteiger charge is 2.61. The largest absolute Gasteiger partial charge is 0.465 e. The van der Waals surface area contributed by atoms with E-state index in [-0.39, 0.29) is 29.8 Å². The van der Waals surface area contributed by atoms with Crippen LogP contribution in [0.15, 0.2) is 0 Å². The molecule has 116 valence electrons. The maximum atomic E-state index is 11.7. The van der Waals surface area contributed by atoms with Crippen LogP contribution in [0.3, 0.4) is 0 Å². The van der Waals surface area contributed by atoms with E-state index in [2.05, 4.69) is 0 Å². The van der Waals surface area contributed by atoms with Crippen LogP contribution in [0.2, 0.25) is 0 Å². The highest BCUT2D eigenvalue weighted by atomic mass is 16.6. The Hall–Kier alpha value is -1.63. The number of esters is 3. The molecule has 3 fully saturated rings. The molecule has 0 radical (unpaired) electrons. The van der Waals surface area contributed by atoms with Gasteiger partial charge in [0.2, 0.25) is 0 Å². The second-order valence-electron chi connectivity index (χ2n) is 5.99. The quantitative estimate of drug-likeness (QED) is 0.535. The van der Waals surface area contributed by atoms with Crippen LogP contribution in [0, 0.1) is 17.8 Å². The van der Waals surface area contributed by atoms with Gasteiger partial charge in [0.05, 0.1) is 24.5 Å². The lowest BCUT2D eigenvalue weighted by Crippen LogP contribution is -2.40. The molecule has 7 heteroatoms. The third-order valence-corrected chi connectivity index (χ3v) is 4.23. The smallest absolute Gasteiger partial charge is 0.344 e. The van der Waals surface area contributed by atoms with Gasteiger partial charge in [-0.05, 0) is 0 Å². The zero-order chi connectivity index (χ0) is 15.1. The van der Waals surface area contributed by atoms with Crippen LogP contribution >= 0.6 is 0 Å². The van der Waals surface area contributed by atoms with Gasteiger partial charge >= 0.3 is 17.9 Å². The lowest BCUT2D eigenvalue weighted by molar-refractivity contribution is -0.167. The molecule has 0 spiro atoms. The molecule has 5 atom stereocenters. The van der Waals surface area contributed by atoms with Crippen molar-refractivity contribution in [3.8, 4) is 0 Å². The summed E-state index contributed by atoms with van der Waals surface area (Å²) >= 11 is 0. The summed E-state index contributed by atoms with van der Waals surface area (Å²) in [6.45, 7) is 3.34. The van der Waals surface area contributed by atoms with Crippen molar-refractivity contribution in [2.75, 3.05) is 13.2 Å². The number of carbonyl (C=O) groups is 3. The van der Waals surface area contributed by atoms with E-state index >= 15 is 0 Å². The molecule has 0 N–H and O–H groups in total. The predicted molar refractivity (Wildman–Crippen MR) is 66.9 cm³/mol. The van der Waals surface area contributed by atoms with Crippen LogP contribution in [0.1, 0.15) is 20.3 Å². The van der Waals surface area contributed by atoms with E-state index in [4.69, 9.17) is 18.9 Å². The summed E-state index contributed by atoms with van der Waals surface area (Å²) in [5.41, 5.74) is 0. The molecule has 3 aliphatic heterocycles. The highest BCUT2D eigenvalue weighted by molar-refractivity contribution is 5.78.